The second-order valence-corrected chi connectivity index (χ2v) is 7.81. The highest BCUT2D eigenvalue weighted by molar-refractivity contribution is 6.31. The molecule has 2 heterocycles. The number of anilines is 1. The molecule has 0 aliphatic carbocycles. The first-order valence-electron chi connectivity index (χ1n) is 9.84. The van der Waals surface area contributed by atoms with Gasteiger partial charge in [0.1, 0.15) is 11.4 Å². The average Bonchev–Trinajstić information content (AvgIpc) is 2.74. The number of benzene rings is 1. The summed E-state index contributed by atoms with van der Waals surface area (Å²) in [4.78, 5) is 38.4. The van der Waals surface area contributed by atoms with Crippen LogP contribution in [0.1, 0.15) is 36.2 Å². The number of amides is 2. The van der Waals surface area contributed by atoms with Crippen molar-refractivity contribution in [3.05, 3.63) is 51.4 Å². The second kappa shape index (κ2) is 9.75. The fourth-order valence-corrected chi connectivity index (χ4v) is 3.76. The molecule has 0 bridgehead atoms. The van der Waals surface area contributed by atoms with Crippen molar-refractivity contribution in [1.82, 2.24) is 14.7 Å². The number of aryl methyl sites for hydroxylation is 1. The van der Waals surface area contributed by atoms with E-state index in [2.05, 4.69) is 10.4 Å². The molecule has 0 spiro atoms. The molecule has 30 heavy (non-hydrogen) atoms. The van der Waals surface area contributed by atoms with Crippen LogP contribution < -0.4 is 15.6 Å². The number of nitrogens with zero attached hydrogens (tertiary/aromatic N) is 3. The molecule has 1 aromatic heterocycles. The molecule has 8 nitrogen and oxygen atoms in total. The lowest BCUT2D eigenvalue weighted by Gasteiger charge is -2.32. The zero-order valence-corrected chi connectivity index (χ0v) is 17.8. The Kier molecular flexibility index (Phi) is 7.10. The van der Waals surface area contributed by atoms with Crippen molar-refractivity contribution in [3.8, 4) is 5.75 Å². The molecule has 0 saturated carbocycles. The van der Waals surface area contributed by atoms with Crippen molar-refractivity contribution in [1.29, 1.82) is 0 Å². The van der Waals surface area contributed by atoms with Crippen LogP contribution in [0.5, 0.6) is 5.75 Å². The number of methoxy groups -OCH3 is 1. The number of carbonyl (C=O) groups excluding carboxylic acids is 2. The zero-order valence-electron chi connectivity index (χ0n) is 17.1. The summed E-state index contributed by atoms with van der Waals surface area (Å²) < 4.78 is 6.41. The van der Waals surface area contributed by atoms with Gasteiger partial charge in [-0.2, -0.15) is 5.10 Å². The van der Waals surface area contributed by atoms with Crippen LogP contribution in [0.15, 0.2) is 35.1 Å². The number of likely N-dealkylation sites (tertiary alicyclic amines) is 1. The van der Waals surface area contributed by atoms with E-state index < -0.39 is 0 Å². The Morgan fingerprint density at radius 3 is 2.83 bits per heavy atom. The third-order valence-corrected chi connectivity index (χ3v) is 5.44. The Morgan fingerprint density at radius 2 is 2.10 bits per heavy atom. The molecule has 1 atom stereocenters. The molecule has 1 aliphatic heterocycles. The summed E-state index contributed by atoms with van der Waals surface area (Å²) >= 11 is 6.00. The molecule has 3 rings (SSSR count). The van der Waals surface area contributed by atoms with Crippen LogP contribution in [0.2, 0.25) is 5.02 Å². The number of rotatable bonds is 6. The number of ether oxygens (including phenoxy) is 1. The Labute approximate surface area is 179 Å². The number of piperidine rings is 1. The van der Waals surface area contributed by atoms with Crippen molar-refractivity contribution in [3.63, 3.8) is 0 Å². The maximum absolute atomic E-state index is 12.7. The van der Waals surface area contributed by atoms with E-state index in [1.165, 1.54) is 26.3 Å². The van der Waals surface area contributed by atoms with E-state index in [-0.39, 0.29) is 29.0 Å². The van der Waals surface area contributed by atoms with Gasteiger partial charge in [-0.25, -0.2) is 4.68 Å². The Hall–Kier alpha value is -2.87. The minimum atomic E-state index is -0.259. The molecule has 1 saturated heterocycles. The molecular formula is C21H25ClN4O4. The standard InChI is InChI=1S/C21H25ClN4O4/c1-25-20(28)10-7-16(24-25)21(29)26-11-3-4-14(13-26)5-9-19(27)23-17-12-15(22)6-8-18(17)30-2/h6-8,10,12,14H,3-5,9,11,13H2,1-2H3,(H,23,27). The first kappa shape index (κ1) is 21.8. The van der Waals surface area contributed by atoms with Crippen LogP contribution in [0.3, 0.4) is 0 Å². The van der Waals surface area contributed by atoms with Crippen LogP contribution in [-0.4, -0.2) is 46.7 Å². The average molecular weight is 433 g/mol. The van der Waals surface area contributed by atoms with Gasteiger partial charge in [-0.15, -0.1) is 0 Å². The van der Waals surface area contributed by atoms with Gasteiger partial charge in [0, 0.05) is 37.6 Å². The lowest BCUT2D eigenvalue weighted by atomic mass is 9.93. The molecule has 2 amide bonds. The van der Waals surface area contributed by atoms with Crippen LogP contribution >= 0.6 is 11.6 Å². The van der Waals surface area contributed by atoms with E-state index in [1.54, 1.807) is 23.1 Å². The predicted molar refractivity (Wildman–Crippen MR) is 114 cm³/mol. The van der Waals surface area contributed by atoms with Gasteiger partial charge in [0.15, 0.2) is 0 Å². The highest BCUT2D eigenvalue weighted by atomic mass is 35.5. The quantitative estimate of drug-likeness (QED) is 0.757. The summed E-state index contributed by atoms with van der Waals surface area (Å²) in [7, 11) is 3.05. The monoisotopic (exact) mass is 432 g/mol. The predicted octanol–water partition coefficient (Wildman–Crippen LogP) is 2.71. The van der Waals surface area contributed by atoms with E-state index >= 15 is 0 Å². The summed E-state index contributed by atoms with van der Waals surface area (Å²) in [6, 6.07) is 7.86. The van der Waals surface area contributed by atoms with Crippen LogP contribution in [0.25, 0.3) is 0 Å². The topological polar surface area (TPSA) is 93.5 Å². The lowest BCUT2D eigenvalue weighted by molar-refractivity contribution is -0.116. The largest absolute Gasteiger partial charge is 0.495 e. The van der Waals surface area contributed by atoms with Crippen molar-refractivity contribution in [2.45, 2.75) is 25.7 Å². The van der Waals surface area contributed by atoms with Crippen molar-refractivity contribution < 1.29 is 14.3 Å². The maximum atomic E-state index is 12.7. The summed E-state index contributed by atoms with van der Waals surface area (Å²) in [6.07, 6.45) is 2.82. The van der Waals surface area contributed by atoms with Gasteiger partial charge in [0.05, 0.1) is 12.8 Å². The first-order chi connectivity index (χ1) is 14.4. The fourth-order valence-electron chi connectivity index (χ4n) is 3.59. The molecule has 1 N–H and O–H groups in total. The van der Waals surface area contributed by atoms with Crippen LogP contribution in [0, 0.1) is 5.92 Å². The van der Waals surface area contributed by atoms with Gasteiger partial charge in [0.25, 0.3) is 11.5 Å². The summed E-state index contributed by atoms with van der Waals surface area (Å²) in [5.74, 6) is 0.455. The zero-order chi connectivity index (χ0) is 21.7. The summed E-state index contributed by atoms with van der Waals surface area (Å²) in [5.41, 5.74) is 0.533. The van der Waals surface area contributed by atoms with Gasteiger partial charge in [-0.1, -0.05) is 11.6 Å². The number of nitrogens with one attached hydrogen (secondary N) is 1. The minimum Gasteiger partial charge on any atom is -0.495 e. The Morgan fingerprint density at radius 1 is 1.30 bits per heavy atom. The SMILES string of the molecule is COc1ccc(Cl)cc1NC(=O)CCC1CCCN(C(=O)c2ccc(=O)n(C)n2)C1. The number of halogens is 1. The molecule has 0 radical (unpaired) electrons. The summed E-state index contributed by atoms with van der Waals surface area (Å²) in [5, 5.41) is 7.40. The number of aromatic nitrogens is 2. The second-order valence-electron chi connectivity index (χ2n) is 7.37. The van der Waals surface area contributed by atoms with Crippen molar-refractivity contribution in [2.24, 2.45) is 13.0 Å². The van der Waals surface area contributed by atoms with Gasteiger partial charge in [-0.05, 0) is 49.4 Å². The van der Waals surface area contributed by atoms with Gasteiger partial charge >= 0.3 is 0 Å². The smallest absolute Gasteiger partial charge is 0.274 e. The molecule has 1 fully saturated rings. The number of hydrogen-bond donors (Lipinski definition) is 1. The minimum absolute atomic E-state index is 0.126. The fraction of sp³-hybridized carbons (Fsp3) is 0.429. The molecule has 9 heteroatoms. The highest BCUT2D eigenvalue weighted by Crippen LogP contribution is 2.28. The lowest BCUT2D eigenvalue weighted by Crippen LogP contribution is -2.41. The third kappa shape index (κ3) is 5.38. The maximum Gasteiger partial charge on any atom is 0.274 e. The highest BCUT2D eigenvalue weighted by Gasteiger charge is 2.26. The van der Waals surface area contributed by atoms with Gasteiger partial charge < -0.3 is 15.0 Å². The van der Waals surface area contributed by atoms with E-state index in [1.807, 2.05) is 0 Å². The Bertz CT molecular complexity index is 991. The molecule has 1 unspecified atom stereocenters. The van der Waals surface area contributed by atoms with E-state index in [9.17, 15) is 14.4 Å². The van der Waals surface area contributed by atoms with Crippen LogP contribution in [0.4, 0.5) is 5.69 Å². The van der Waals surface area contributed by atoms with Crippen molar-refractivity contribution in [2.75, 3.05) is 25.5 Å². The number of hydrogen-bond acceptors (Lipinski definition) is 5. The van der Waals surface area contributed by atoms with Crippen LogP contribution in [-0.2, 0) is 11.8 Å². The molecule has 160 valence electrons. The normalized spacial score (nSPS) is 16.2. The number of carbonyl (C=O) groups is 2. The molecule has 1 aliphatic rings. The third-order valence-electron chi connectivity index (χ3n) is 5.20. The van der Waals surface area contributed by atoms with Gasteiger partial charge in [0.2, 0.25) is 5.91 Å². The van der Waals surface area contributed by atoms with Gasteiger partial charge in [-0.3, -0.25) is 14.4 Å². The molecular weight excluding hydrogens is 408 g/mol. The van der Waals surface area contributed by atoms with E-state index in [0.717, 1.165) is 17.5 Å². The summed E-state index contributed by atoms with van der Waals surface area (Å²) in [6.45, 7) is 1.21. The Balaban J connectivity index is 1.55. The first-order valence-corrected chi connectivity index (χ1v) is 10.2. The molecule has 1 aromatic carbocycles. The van der Waals surface area contributed by atoms with E-state index in [4.69, 9.17) is 16.3 Å². The van der Waals surface area contributed by atoms with Crippen molar-refractivity contribution >= 4 is 29.1 Å². The molecule has 2 aromatic rings. The van der Waals surface area contributed by atoms with E-state index in [0.29, 0.717) is 42.4 Å².